The number of rotatable bonds is 10. The first-order valence-corrected chi connectivity index (χ1v) is 9.81. The van der Waals surface area contributed by atoms with Gasteiger partial charge in [-0.1, -0.05) is 32.0 Å². The van der Waals surface area contributed by atoms with E-state index in [1.807, 2.05) is 63.2 Å². The largest absolute Gasteiger partial charge is 0.497 e. The molecule has 6 heteroatoms. The van der Waals surface area contributed by atoms with Crippen LogP contribution in [0, 0.1) is 12.8 Å². The Hall–Kier alpha value is -3.02. The third-order valence-electron chi connectivity index (χ3n) is 4.45. The van der Waals surface area contributed by atoms with Crippen molar-refractivity contribution in [3.63, 3.8) is 0 Å². The van der Waals surface area contributed by atoms with Gasteiger partial charge in [0.25, 0.3) is 5.91 Å². The number of hydrogen-bond donors (Lipinski definition) is 2. The Morgan fingerprint density at radius 1 is 1.00 bits per heavy atom. The lowest BCUT2D eigenvalue weighted by atomic mass is 10.0. The average molecular weight is 399 g/mol. The van der Waals surface area contributed by atoms with Gasteiger partial charge in [-0.25, -0.2) is 0 Å². The number of nitrogens with one attached hydrogen (secondary N) is 2. The molecule has 1 atom stereocenters. The molecule has 2 aromatic carbocycles. The summed E-state index contributed by atoms with van der Waals surface area (Å²) in [6, 6.07) is 14.0. The summed E-state index contributed by atoms with van der Waals surface area (Å²) in [6.07, 6.45) is 0.558. The van der Waals surface area contributed by atoms with Crippen LogP contribution in [-0.4, -0.2) is 38.1 Å². The zero-order valence-electron chi connectivity index (χ0n) is 17.5. The molecule has 0 aromatic heterocycles. The smallest absolute Gasteiger partial charge is 0.252 e. The van der Waals surface area contributed by atoms with Gasteiger partial charge in [-0.05, 0) is 55.2 Å². The first-order valence-electron chi connectivity index (χ1n) is 9.81. The summed E-state index contributed by atoms with van der Waals surface area (Å²) in [4.78, 5) is 25.2. The normalized spacial score (nSPS) is 11.6. The predicted molar refractivity (Wildman–Crippen MR) is 113 cm³/mol. The van der Waals surface area contributed by atoms with E-state index in [1.54, 1.807) is 13.2 Å². The Morgan fingerprint density at radius 2 is 1.66 bits per heavy atom. The fourth-order valence-electron chi connectivity index (χ4n) is 2.90. The standard InChI is InChI=1S/C23H30N2O4/c1-16(2)15-21(25-22(26)20-8-6-5-7-17(20)3)23(27)24-13-14-29-19-11-9-18(28-4)10-12-19/h5-12,16,21H,13-15H2,1-4H3,(H,24,27)(H,25,26). The second-order valence-electron chi connectivity index (χ2n) is 7.29. The molecule has 0 aliphatic rings. The van der Waals surface area contributed by atoms with Gasteiger partial charge in [0.1, 0.15) is 24.1 Å². The van der Waals surface area contributed by atoms with Gasteiger partial charge in [-0.2, -0.15) is 0 Å². The molecule has 2 amide bonds. The van der Waals surface area contributed by atoms with Crippen LogP contribution in [-0.2, 0) is 4.79 Å². The van der Waals surface area contributed by atoms with Crippen LogP contribution in [0.1, 0.15) is 36.2 Å². The van der Waals surface area contributed by atoms with Gasteiger partial charge in [0.05, 0.1) is 13.7 Å². The molecule has 0 aliphatic carbocycles. The fourth-order valence-corrected chi connectivity index (χ4v) is 2.90. The molecule has 2 N–H and O–H groups in total. The monoisotopic (exact) mass is 398 g/mol. The molecule has 29 heavy (non-hydrogen) atoms. The molecule has 0 bridgehead atoms. The Morgan fingerprint density at radius 3 is 2.28 bits per heavy atom. The molecule has 0 aliphatic heterocycles. The molecular formula is C23H30N2O4. The van der Waals surface area contributed by atoms with E-state index in [9.17, 15) is 9.59 Å². The highest BCUT2D eigenvalue weighted by molar-refractivity contribution is 5.98. The van der Waals surface area contributed by atoms with Crippen LogP contribution in [0.25, 0.3) is 0 Å². The summed E-state index contributed by atoms with van der Waals surface area (Å²) >= 11 is 0. The molecule has 0 spiro atoms. The second kappa shape index (κ2) is 11.1. The first-order chi connectivity index (χ1) is 13.9. The number of hydrogen-bond acceptors (Lipinski definition) is 4. The number of methoxy groups -OCH3 is 1. The summed E-state index contributed by atoms with van der Waals surface area (Å²) in [7, 11) is 1.61. The fraction of sp³-hybridized carbons (Fsp3) is 0.391. The topological polar surface area (TPSA) is 76.7 Å². The third-order valence-corrected chi connectivity index (χ3v) is 4.45. The minimum Gasteiger partial charge on any atom is -0.497 e. The number of carbonyl (C=O) groups excluding carboxylic acids is 2. The maximum Gasteiger partial charge on any atom is 0.252 e. The van der Waals surface area contributed by atoms with Gasteiger partial charge < -0.3 is 20.1 Å². The predicted octanol–water partition coefficient (Wildman–Crippen LogP) is 3.34. The number of ether oxygens (including phenoxy) is 2. The quantitative estimate of drug-likeness (QED) is 0.602. The molecular weight excluding hydrogens is 368 g/mol. The van der Waals surface area contributed by atoms with E-state index < -0.39 is 6.04 Å². The molecule has 0 heterocycles. The summed E-state index contributed by atoms with van der Waals surface area (Å²) in [5.74, 6) is 1.27. The van der Waals surface area contributed by atoms with Crippen molar-refractivity contribution in [1.82, 2.24) is 10.6 Å². The van der Waals surface area contributed by atoms with E-state index in [1.165, 1.54) is 0 Å². The highest BCUT2D eigenvalue weighted by Crippen LogP contribution is 2.16. The molecule has 0 radical (unpaired) electrons. The second-order valence-corrected chi connectivity index (χ2v) is 7.29. The van der Waals surface area contributed by atoms with Crippen LogP contribution in [0.2, 0.25) is 0 Å². The van der Waals surface area contributed by atoms with Gasteiger partial charge in [-0.3, -0.25) is 9.59 Å². The van der Waals surface area contributed by atoms with Crippen molar-refractivity contribution in [3.8, 4) is 11.5 Å². The van der Waals surface area contributed by atoms with Crippen molar-refractivity contribution in [2.75, 3.05) is 20.3 Å². The zero-order valence-corrected chi connectivity index (χ0v) is 17.5. The molecule has 0 saturated heterocycles. The van der Waals surface area contributed by atoms with Crippen LogP contribution in [0.15, 0.2) is 48.5 Å². The number of aryl methyl sites for hydroxylation is 1. The number of amides is 2. The van der Waals surface area contributed by atoms with E-state index in [2.05, 4.69) is 10.6 Å². The SMILES string of the molecule is COc1ccc(OCCNC(=O)C(CC(C)C)NC(=O)c2ccccc2C)cc1. The van der Waals surface area contributed by atoms with E-state index in [0.29, 0.717) is 30.9 Å². The van der Waals surface area contributed by atoms with Gasteiger partial charge in [0, 0.05) is 5.56 Å². The van der Waals surface area contributed by atoms with Crippen molar-refractivity contribution >= 4 is 11.8 Å². The summed E-state index contributed by atoms with van der Waals surface area (Å²) < 4.78 is 10.7. The molecule has 0 saturated carbocycles. The molecule has 1 unspecified atom stereocenters. The van der Waals surface area contributed by atoms with Gasteiger partial charge in [-0.15, -0.1) is 0 Å². The van der Waals surface area contributed by atoms with Crippen LogP contribution in [0.5, 0.6) is 11.5 Å². The number of carbonyl (C=O) groups is 2. The van der Waals surface area contributed by atoms with Crippen LogP contribution in [0.4, 0.5) is 0 Å². The summed E-state index contributed by atoms with van der Waals surface area (Å²) in [6.45, 7) is 6.60. The van der Waals surface area contributed by atoms with E-state index >= 15 is 0 Å². The Bertz CT molecular complexity index is 803. The first kappa shape index (κ1) is 22.3. The minimum absolute atomic E-state index is 0.209. The lowest BCUT2D eigenvalue weighted by molar-refractivity contribution is -0.123. The summed E-state index contributed by atoms with van der Waals surface area (Å²) in [5.41, 5.74) is 1.46. The Balaban J connectivity index is 1.87. The van der Waals surface area contributed by atoms with Gasteiger partial charge in [0.2, 0.25) is 5.91 Å². The highest BCUT2D eigenvalue weighted by Gasteiger charge is 2.22. The molecule has 6 nitrogen and oxygen atoms in total. The van der Waals surface area contributed by atoms with Crippen molar-refractivity contribution < 1.29 is 19.1 Å². The third kappa shape index (κ3) is 7.14. The molecule has 156 valence electrons. The zero-order chi connectivity index (χ0) is 21.2. The highest BCUT2D eigenvalue weighted by atomic mass is 16.5. The van der Waals surface area contributed by atoms with Crippen molar-refractivity contribution in [2.24, 2.45) is 5.92 Å². The lowest BCUT2D eigenvalue weighted by Gasteiger charge is -2.21. The molecule has 0 fully saturated rings. The van der Waals surface area contributed by atoms with Gasteiger partial charge >= 0.3 is 0 Å². The van der Waals surface area contributed by atoms with Crippen LogP contribution >= 0.6 is 0 Å². The van der Waals surface area contributed by atoms with E-state index in [4.69, 9.17) is 9.47 Å². The average Bonchev–Trinajstić information content (AvgIpc) is 2.71. The van der Waals surface area contributed by atoms with Crippen molar-refractivity contribution in [3.05, 3.63) is 59.7 Å². The van der Waals surface area contributed by atoms with Crippen LogP contribution in [0.3, 0.4) is 0 Å². The lowest BCUT2D eigenvalue weighted by Crippen LogP contribution is -2.48. The minimum atomic E-state index is -0.594. The van der Waals surface area contributed by atoms with Crippen molar-refractivity contribution in [2.45, 2.75) is 33.2 Å². The molecule has 2 rings (SSSR count). The van der Waals surface area contributed by atoms with Crippen LogP contribution < -0.4 is 20.1 Å². The molecule has 2 aromatic rings. The summed E-state index contributed by atoms with van der Waals surface area (Å²) in [5, 5.41) is 5.72. The van der Waals surface area contributed by atoms with Gasteiger partial charge in [0.15, 0.2) is 0 Å². The van der Waals surface area contributed by atoms with E-state index in [-0.39, 0.29) is 17.7 Å². The maximum absolute atomic E-state index is 12.6. The maximum atomic E-state index is 12.6. The Kier molecular flexibility index (Phi) is 8.52. The number of benzene rings is 2. The van der Waals surface area contributed by atoms with E-state index in [0.717, 1.165) is 11.3 Å². The van der Waals surface area contributed by atoms with Crippen molar-refractivity contribution in [1.29, 1.82) is 0 Å². The Labute approximate surface area is 172 Å².